The third-order valence-electron chi connectivity index (χ3n) is 12.6. The molecule has 4 unspecified atom stereocenters. The minimum atomic E-state index is -1.25. The molecule has 0 radical (unpaired) electrons. The van der Waals surface area contributed by atoms with Gasteiger partial charge in [0.05, 0.1) is 18.8 Å². The Morgan fingerprint density at radius 2 is 0.596 bits per heavy atom. The fraction of sp³-hybridized carbons (Fsp3) is 0.980. The topological polar surface area (TPSA) is 110 Å². The normalized spacial score (nSPS) is 13.9. The first-order valence-electron chi connectivity index (χ1n) is 25.9. The molecule has 0 aromatic rings. The van der Waals surface area contributed by atoms with Crippen LogP contribution in [-0.2, 0) is 4.79 Å². The number of hydrogen-bond donors (Lipinski definition) is 5. The van der Waals surface area contributed by atoms with Gasteiger partial charge in [-0.1, -0.05) is 277 Å². The van der Waals surface area contributed by atoms with Crippen LogP contribution in [0, 0.1) is 0 Å². The standard InChI is InChI=1S/C51H103NO5/c1-3-5-7-9-11-13-15-17-19-21-22-23-24-25-26-27-29-31-33-35-37-39-41-43-45-49(55)51(57)52-47(46-53)50(56)48(54)44-42-40-38-36-34-32-30-28-20-18-16-14-12-10-8-6-4-2/h47-50,53-56H,3-46H2,1-2H3,(H,52,57). The van der Waals surface area contributed by atoms with Crippen LogP contribution in [0.15, 0.2) is 0 Å². The quantitative estimate of drug-likeness (QED) is 0.0393. The van der Waals surface area contributed by atoms with Crippen LogP contribution in [0.25, 0.3) is 0 Å². The summed E-state index contributed by atoms with van der Waals surface area (Å²) in [6, 6.07) is -0.979. The first-order valence-corrected chi connectivity index (χ1v) is 25.9. The molecule has 6 heteroatoms. The first kappa shape index (κ1) is 56.3. The Labute approximate surface area is 356 Å². The summed E-state index contributed by atoms with van der Waals surface area (Å²) >= 11 is 0. The Balaban J connectivity index is 3.61. The predicted octanol–water partition coefficient (Wildman–Crippen LogP) is 14.4. The van der Waals surface area contributed by atoms with E-state index in [1.165, 1.54) is 225 Å². The summed E-state index contributed by atoms with van der Waals surface area (Å²) in [6.07, 6.45) is 51.5. The van der Waals surface area contributed by atoms with Crippen molar-refractivity contribution in [2.75, 3.05) is 6.61 Å². The molecular formula is C51H103NO5. The molecule has 0 aliphatic carbocycles. The second-order valence-electron chi connectivity index (χ2n) is 18.2. The third-order valence-corrected chi connectivity index (χ3v) is 12.6. The molecule has 6 nitrogen and oxygen atoms in total. The molecule has 5 N–H and O–H groups in total. The van der Waals surface area contributed by atoms with E-state index < -0.39 is 36.9 Å². The monoisotopic (exact) mass is 810 g/mol. The van der Waals surface area contributed by atoms with Gasteiger partial charge in [-0.25, -0.2) is 0 Å². The highest BCUT2D eigenvalue weighted by molar-refractivity contribution is 5.80. The highest BCUT2D eigenvalue weighted by Gasteiger charge is 2.28. The lowest BCUT2D eigenvalue weighted by Gasteiger charge is -2.27. The van der Waals surface area contributed by atoms with Crippen molar-refractivity contribution in [1.29, 1.82) is 0 Å². The van der Waals surface area contributed by atoms with Gasteiger partial charge in [0.2, 0.25) is 5.91 Å². The Hall–Kier alpha value is -0.690. The molecule has 0 heterocycles. The molecule has 0 saturated heterocycles. The second kappa shape index (κ2) is 46.4. The van der Waals surface area contributed by atoms with Crippen LogP contribution in [-0.4, -0.2) is 57.3 Å². The van der Waals surface area contributed by atoms with Gasteiger partial charge in [-0.2, -0.15) is 0 Å². The minimum Gasteiger partial charge on any atom is -0.394 e. The van der Waals surface area contributed by atoms with Gasteiger partial charge in [0.25, 0.3) is 0 Å². The number of aliphatic hydroxyl groups is 4. The lowest BCUT2D eigenvalue weighted by atomic mass is 9.99. The zero-order valence-electron chi connectivity index (χ0n) is 38.6. The summed E-state index contributed by atoms with van der Waals surface area (Å²) in [4.78, 5) is 12.6. The second-order valence-corrected chi connectivity index (χ2v) is 18.2. The number of aliphatic hydroxyl groups excluding tert-OH is 4. The Bertz CT molecular complexity index is 781. The molecule has 0 aliphatic heterocycles. The van der Waals surface area contributed by atoms with Gasteiger partial charge in [0.1, 0.15) is 12.2 Å². The van der Waals surface area contributed by atoms with Crippen LogP contribution in [0.3, 0.4) is 0 Å². The van der Waals surface area contributed by atoms with E-state index in [4.69, 9.17) is 0 Å². The van der Waals surface area contributed by atoms with Crippen molar-refractivity contribution in [3.63, 3.8) is 0 Å². The lowest BCUT2D eigenvalue weighted by molar-refractivity contribution is -0.132. The summed E-state index contributed by atoms with van der Waals surface area (Å²) < 4.78 is 0. The van der Waals surface area contributed by atoms with Crippen molar-refractivity contribution < 1.29 is 25.2 Å². The van der Waals surface area contributed by atoms with E-state index >= 15 is 0 Å². The zero-order chi connectivity index (χ0) is 41.7. The molecular weight excluding hydrogens is 707 g/mol. The average Bonchev–Trinajstić information content (AvgIpc) is 3.22. The molecule has 0 aliphatic rings. The number of carbonyl (C=O) groups is 1. The number of hydrogen-bond acceptors (Lipinski definition) is 5. The van der Waals surface area contributed by atoms with Gasteiger partial charge in [-0.15, -0.1) is 0 Å². The van der Waals surface area contributed by atoms with Crippen molar-refractivity contribution in [1.82, 2.24) is 5.32 Å². The van der Waals surface area contributed by atoms with Crippen LogP contribution >= 0.6 is 0 Å². The summed E-state index contributed by atoms with van der Waals surface area (Å²) in [5, 5.41) is 43.9. The van der Waals surface area contributed by atoms with Crippen LogP contribution < -0.4 is 5.32 Å². The fourth-order valence-electron chi connectivity index (χ4n) is 8.47. The van der Waals surface area contributed by atoms with E-state index in [0.717, 1.165) is 38.5 Å². The molecule has 4 atom stereocenters. The van der Waals surface area contributed by atoms with Crippen molar-refractivity contribution >= 4 is 5.91 Å². The average molecular weight is 810 g/mol. The Morgan fingerprint density at radius 1 is 0.368 bits per heavy atom. The van der Waals surface area contributed by atoms with E-state index in [2.05, 4.69) is 19.2 Å². The van der Waals surface area contributed by atoms with Gasteiger partial charge in [0, 0.05) is 0 Å². The summed E-state index contributed by atoms with van der Waals surface area (Å²) in [5.74, 6) is -0.577. The van der Waals surface area contributed by atoms with Crippen molar-refractivity contribution in [3.05, 3.63) is 0 Å². The molecule has 0 aromatic heterocycles. The molecule has 0 saturated carbocycles. The Morgan fingerprint density at radius 3 is 0.842 bits per heavy atom. The van der Waals surface area contributed by atoms with Gasteiger partial charge in [-0.3, -0.25) is 4.79 Å². The minimum absolute atomic E-state index is 0.376. The summed E-state index contributed by atoms with van der Waals surface area (Å²) in [6.45, 7) is 4.09. The number of nitrogens with one attached hydrogen (secondary N) is 1. The number of unbranched alkanes of at least 4 members (excludes halogenated alkanes) is 39. The van der Waals surface area contributed by atoms with Crippen LogP contribution in [0.2, 0.25) is 0 Å². The lowest BCUT2D eigenvalue weighted by Crippen LogP contribution is -2.53. The molecule has 0 bridgehead atoms. The third kappa shape index (κ3) is 40.5. The molecule has 1 amide bonds. The molecule has 342 valence electrons. The molecule has 0 spiro atoms. The highest BCUT2D eigenvalue weighted by atomic mass is 16.3. The smallest absolute Gasteiger partial charge is 0.249 e. The van der Waals surface area contributed by atoms with Gasteiger partial charge >= 0.3 is 0 Å². The molecule has 0 aromatic carbocycles. The van der Waals surface area contributed by atoms with E-state index in [9.17, 15) is 25.2 Å². The van der Waals surface area contributed by atoms with Crippen molar-refractivity contribution in [3.8, 4) is 0 Å². The van der Waals surface area contributed by atoms with Crippen molar-refractivity contribution in [2.45, 2.75) is 314 Å². The van der Waals surface area contributed by atoms with Crippen LogP contribution in [0.4, 0.5) is 0 Å². The van der Waals surface area contributed by atoms with E-state index in [-0.39, 0.29) is 0 Å². The SMILES string of the molecule is CCCCCCCCCCCCCCCCCCCCCCCCCCC(O)C(=O)NC(CO)C(O)C(O)CCCCCCCCCCCCCCCCCCC. The summed E-state index contributed by atoms with van der Waals surface area (Å²) in [7, 11) is 0. The molecule has 0 rings (SSSR count). The van der Waals surface area contributed by atoms with Gasteiger partial charge in [0.15, 0.2) is 0 Å². The van der Waals surface area contributed by atoms with Crippen LogP contribution in [0.5, 0.6) is 0 Å². The predicted molar refractivity (Wildman–Crippen MR) is 247 cm³/mol. The van der Waals surface area contributed by atoms with E-state index in [0.29, 0.717) is 12.8 Å². The number of carbonyl (C=O) groups excluding carboxylic acids is 1. The maximum absolute atomic E-state index is 12.6. The molecule has 0 fully saturated rings. The maximum atomic E-state index is 12.6. The summed E-state index contributed by atoms with van der Waals surface area (Å²) in [5.41, 5.74) is 0. The number of rotatable bonds is 48. The van der Waals surface area contributed by atoms with E-state index in [1.54, 1.807) is 0 Å². The van der Waals surface area contributed by atoms with Gasteiger partial charge in [-0.05, 0) is 12.8 Å². The molecule has 57 heavy (non-hydrogen) atoms. The van der Waals surface area contributed by atoms with E-state index in [1.807, 2.05) is 0 Å². The maximum Gasteiger partial charge on any atom is 0.249 e. The zero-order valence-corrected chi connectivity index (χ0v) is 38.6. The Kier molecular flexibility index (Phi) is 45.8. The largest absolute Gasteiger partial charge is 0.394 e. The number of amides is 1. The van der Waals surface area contributed by atoms with Crippen molar-refractivity contribution in [2.24, 2.45) is 0 Å². The van der Waals surface area contributed by atoms with Crippen LogP contribution in [0.1, 0.15) is 290 Å². The highest BCUT2D eigenvalue weighted by Crippen LogP contribution is 2.18. The van der Waals surface area contributed by atoms with Gasteiger partial charge < -0.3 is 25.7 Å². The first-order chi connectivity index (χ1) is 28.0. The fourth-order valence-corrected chi connectivity index (χ4v) is 8.47.